The maximum atomic E-state index is 12.0. The van der Waals surface area contributed by atoms with E-state index >= 15 is 0 Å². The van der Waals surface area contributed by atoms with Gasteiger partial charge in [-0.25, -0.2) is 18.1 Å². The van der Waals surface area contributed by atoms with Crippen molar-refractivity contribution in [3.05, 3.63) is 43.2 Å². The second-order valence-electron chi connectivity index (χ2n) is 3.47. The maximum Gasteiger partial charge on any atom is 0.242 e. The molecular weight excluding hydrogens is 395 g/mol. The monoisotopic (exact) mass is 400 g/mol. The minimum Gasteiger partial charge on any atom is -0.242 e. The first-order chi connectivity index (χ1) is 8.88. The Morgan fingerprint density at radius 2 is 2.11 bits per heavy atom. The Kier molecular flexibility index (Phi) is 4.86. The van der Waals surface area contributed by atoms with Gasteiger partial charge >= 0.3 is 0 Å². The van der Waals surface area contributed by atoms with Crippen LogP contribution in [0.5, 0.6) is 0 Å². The molecule has 0 fully saturated rings. The number of sulfonamides is 1. The smallest absolute Gasteiger partial charge is 0.242 e. The summed E-state index contributed by atoms with van der Waals surface area (Å²) in [6, 6.07) is 4.96. The molecule has 0 atom stereocenters. The predicted octanol–water partition coefficient (Wildman–Crippen LogP) is 3.69. The molecule has 0 unspecified atom stereocenters. The van der Waals surface area contributed by atoms with E-state index in [2.05, 4.69) is 25.6 Å². The first-order valence-electron chi connectivity index (χ1n) is 4.93. The predicted molar refractivity (Wildman–Crippen MR) is 80.3 cm³/mol. The lowest BCUT2D eigenvalue weighted by molar-refractivity contribution is 0.581. The number of thiophene rings is 1. The lowest BCUT2D eigenvalue weighted by atomic mass is 10.5. The highest BCUT2D eigenvalue weighted by Crippen LogP contribution is 2.24. The Morgan fingerprint density at radius 3 is 2.68 bits per heavy atom. The summed E-state index contributed by atoms with van der Waals surface area (Å²) >= 11 is 16.2. The van der Waals surface area contributed by atoms with Gasteiger partial charge in [0.15, 0.2) is 0 Å². The van der Waals surface area contributed by atoms with Crippen molar-refractivity contribution in [2.75, 3.05) is 0 Å². The molecule has 2 aromatic heterocycles. The molecule has 0 amide bonds. The third-order valence-electron chi connectivity index (χ3n) is 2.15. The van der Waals surface area contributed by atoms with Crippen molar-refractivity contribution in [3.8, 4) is 0 Å². The second-order valence-corrected chi connectivity index (χ2v) is 8.55. The third-order valence-corrected chi connectivity index (χ3v) is 5.82. The molecule has 9 heteroatoms. The summed E-state index contributed by atoms with van der Waals surface area (Å²) in [6.45, 7) is 0.207. The highest BCUT2D eigenvalue weighted by molar-refractivity contribution is 9.11. The lowest BCUT2D eigenvalue weighted by Gasteiger charge is -2.06. The van der Waals surface area contributed by atoms with Crippen LogP contribution >= 0.6 is 50.5 Å². The Balaban J connectivity index is 2.16. The highest BCUT2D eigenvalue weighted by atomic mass is 79.9. The number of hydrogen-bond acceptors (Lipinski definition) is 4. The van der Waals surface area contributed by atoms with E-state index in [1.54, 1.807) is 0 Å². The Morgan fingerprint density at radius 1 is 1.37 bits per heavy atom. The molecular formula is C10H7BrCl2N2O2S2. The minimum atomic E-state index is -3.65. The van der Waals surface area contributed by atoms with Crippen LogP contribution in [0.4, 0.5) is 0 Å². The molecule has 0 radical (unpaired) electrons. The standard InChI is InChI=1S/C10H7BrCl2N2O2S2/c11-9-2-1-6(18-9)4-15-19(16,17)7-3-8(12)10(13)14-5-7/h1-3,5,15H,4H2. The van der Waals surface area contributed by atoms with Crippen LogP contribution in [-0.2, 0) is 16.6 Å². The van der Waals surface area contributed by atoms with E-state index in [4.69, 9.17) is 23.2 Å². The normalized spacial score (nSPS) is 11.7. The summed E-state index contributed by atoms with van der Waals surface area (Å²) in [5.74, 6) is 0. The van der Waals surface area contributed by atoms with E-state index < -0.39 is 10.0 Å². The summed E-state index contributed by atoms with van der Waals surface area (Å²) in [5.41, 5.74) is 0. The van der Waals surface area contributed by atoms with Gasteiger partial charge in [-0.3, -0.25) is 0 Å². The molecule has 0 bridgehead atoms. The molecule has 102 valence electrons. The zero-order valence-corrected chi connectivity index (χ0v) is 14.0. The average molecular weight is 402 g/mol. The molecule has 0 saturated carbocycles. The SMILES string of the molecule is O=S(=O)(NCc1ccc(Br)s1)c1cnc(Cl)c(Cl)c1. The van der Waals surface area contributed by atoms with Gasteiger partial charge in [0.1, 0.15) is 10.0 Å². The number of halogens is 3. The van der Waals surface area contributed by atoms with Crippen LogP contribution in [0.15, 0.2) is 33.1 Å². The molecule has 2 rings (SSSR count). The van der Waals surface area contributed by atoms with Gasteiger partial charge in [0, 0.05) is 17.6 Å². The number of pyridine rings is 1. The van der Waals surface area contributed by atoms with E-state index in [1.165, 1.54) is 23.6 Å². The van der Waals surface area contributed by atoms with Crippen LogP contribution in [0.25, 0.3) is 0 Å². The van der Waals surface area contributed by atoms with Crippen molar-refractivity contribution >= 4 is 60.5 Å². The van der Waals surface area contributed by atoms with E-state index in [-0.39, 0.29) is 21.6 Å². The summed E-state index contributed by atoms with van der Waals surface area (Å²) < 4.78 is 27.4. The molecule has 2 heterocycles. The van der Waals surface area contributed by atoms with Gasteiger partial charge in [0.05, 0.1) is 8.81 Å². The molecule has 1 N–H and O–H groups in total. The molecule has 0 aromatic carbocycles. The summed E-state index contributed by atoms with van der Waals surface area (Å²) in [5, 5.41) is 0.172. The fourth-order valence-electron chi connectivity index (χ4n) is 1.25. The number of nitrogens with one attached hydrogen (secondary N) is 1. The first-order valence-corrected chi connectivity index (χ1v) is 8.78. The van der Waals surface area contributed by atoms with Gasteiger partial charge in [0.2, 0.25) is 10.0 Å². The van der Waals surface area contributed by atoms with Crippen molar-refractivity contribution in [2.45, 2.75) is 11.4 Å². The van der Waals surface area contributed by atoms with Crippen LogP contribution in [0, 0.1) is 0 Å². The zero-order valence-electron chi connectivity index (χ0n) is 9.23. The van der Waals surface area contributed by atoms with Gasteiger partial charge in [0.25, 0.3) is 0 Å². The highest BCUT2D eigenvalue weighted by Gasteiger charge is 2.16. The van der Waals surface area contributed by atoms with E-state index in [1.807, 2.05) is 12.1 Å². The van der Waals surface area contributed by atoms with Crippen LogP contribution in [-0.4, -0.2) is 13.4 Å². The number of hydrogen-bond donors (Lipinski definition) is 1. The zero-order chi connectivity index (χ0) is 14.0. The summed E-state index contributed by atoms with van der Waals surface area (Å²) in [4.78, 5) is 4.59. The van der Waals surface area contributed by atoms with Gasteiger partial charge in [-0.2, -0.15) is 0 Å². The summed E-state index contributed by atoms with van der Waals surface area (Å²) in [6.07, 6.45) is 1.17. The van der Waals surface area contributed by atoms with E-state index in [0.29, 0.717) is 0 Å². The number of aromatic nitrogens is 1. The molecule has 0 spiro atoms. The van der Waals surface area contributed by atoms with E-state index in [0.717, 1.165) is 8.66 Å². The largest absolute Gasteiger partial charge is 0.242 e. The van der Waals surface area contributed by atoms with Crippen molar-refractivity contribution < 1.29 is 8.42 Å². The Labute approximate surface area is 132 Å². The number of nitrogens with zero attached hydrogens (tertiary/aromatic N) is 1. The van der Waals surface area contributed by atoms with Crippen LogP contribution in [0.2, 0.25) is 10.2 Å². The van der Waals surface area contributed by atoms with Gasteiger partial charge in [-0.15, -0.1) is 11.3 Å². The van der Waals surface area contributed by atoms with Crippen molar-refractivity contribution in [2.24, 2.45) is 0 Å². The number of rotatable bonds is 4. The molecule has 0 aliphatic carbocycles. The van der Waals surface area contributed by atoms with Gasteiger partial charge < -0.3 is 0 Å². The van der Waals surface area contributed by atoms with Crippen LogP contribution in [0.1, 0.15) is 4.88 Å². The molecule has 0 saturated heterocycles. The third kappa shape index (κ3) is 3.90. The van der Waals surface area contributed by atoms with Crippen molar-refractivity contribution in [1.29, 1.82) is 0 Å². The second kappa shape index (κ2) is 6.07. The van der Waals surface area contributed by atoms with Gasteiger partial charge in [-0.1, -0.05) is 23.2 Å². The maximum absolute atomic E-state index is 12.0. The fourth-order valence-corrected chi connectivity index (χ4v) is 4.07. The summed E-state index contributed by atoms with van der Waals surface area (Å²) in [7, 11) is -3.65. The lowest BCUT2D eigenvalue weighted by Crippen LogP contribution is -2.22. The fraction of sp³-hybridized carbons (Fsp3) is 0.100. The molecule has 2 aromatic rings. The van der Waals surface area contributed by atoms with E-state index in [9.17, 15) is 8.42 Å². The Bertz CT molecular complexity index is 703. The van der Waals surface area contributed by atoms with Gasteiger partial charge in [-0.05, 0) is 34.1 Å². The molecule has 4 nitrogen and oxygen atoms in total. The average Bonchev–Trinajstić information content (AvgIpc) is 2.76. The first kappa shape index (κ1) is 15.2. The van der Waals surface area contributed by atoms with Crippen LogP contribution < -0.4 is 4.72 Å². The quantitative estimate of drug-likeness (QED) is 0.794. The minimum absolute atomic E-state index is 0.0162. The topological polar surface area (TPSA) is 59.1 Å². The molecule has 0 aliphatic rings. The van der Waals surface area contributed by atoms with Crippen LogP contribution in [0.3, 0.4) is 0 Å². The van der Waals surface area contributed by atoms with Crippen molar-refractivity contribution in [1.82, 2.24) is 9.71 Å². The molecule has 19 heavy (non-hydrogen) atoms. The Hall–Kier alpha value is -0.180. The molecule has 0 aliphatic heterocycles. The van der Waals surface area contributed by atoms with Crippen molar-refractivity contribution in [3.63, 3.8) is 0 Å².